The highest BCUT2D eigenvalue weighted by molar-refractivity contribution is 5.69. The highest BCUT2D eigenvalue weighted by Gasteiger charge is 2.19. The maximum Gasteiger partial charge on any atom is 0.0601 e. The summed E-state index contributed by atoms with van der Waals surface area (Å²) in [6, 6.07) is 9.16. The van der Waals surface area contributed by atoms with E-state index >= 15 is 0 Å². The number of hydrogen-bond donors (Lipinski definition) is 2. The van der Waals surface area contributed by atoms with Gasteiger partial charge in [0.1, 0.15) is 0 Å². The molecule has 0 amide bonds. The summed E-state index contributed by atoms with van der Waals surface area (Å²) in [5.74, 6) is 0. The molecular weight excluding hydrogens is 198 g/mol. The van der Waals surface area contributed by atoms with Crippen molar-refractivity contribution < 1.29 is 0 Å². The lowest BCUT2D eigenvalue weighted by molar-refractivity contribution is 0.443. The summed E-state index contributed by atoms with van der Waals surface area (Å²) in [4.78, 5) is 2.41. The van der Waals surface area contributed by atoms with Gasteiger partial charge in [0.25, 0.3) is 0 Å². The number of nitrogens with zero attached hydrogens (tertiary/aromatic N) is 1. The first-order valence-electron chi connectivity index (χ1n) is 6.03. The molecule has 0 atom stereocenters. The average Bonchev–Trinajstić information content (AvgIpc) is 2.39. The highest BCUT2D eigenvalue weighted by Crippen LogP contribution is 2.27. The molecule has 1 aliphatic rings. The summed E-state index contributed by atoms with van der Waals surface area (Å²) in [6.07, 6.45) is 2.46. The van der Waals surface area contributed by atoms with E-state index in [4.69, 9.17) is 0 Å². The molecule has 0 aliphatic carbocycles. The minimum atomic E-state index is 0.663. The van der Waals surface area contributed by atoms with Crippen LogP contribution in [0.5, 0.6) is 0 Å². The second-order valence-corrected chi connectivity index (χ2v) is 4.36. The molecule has 1 saturated heterocycles. The van der Waals surface area contributed by atoms with Gasteiger partial charge in [-0.25, -0.2) is 0 Å². The van der Waals surface area contributed by atoms with Gasteiger partial charge in [0.2, 0.25) is 0 Å². The van der Waals surface area contributed by atoms with Gasteiger partial charge < -0.3 is 15.5 Å². The molecule has 1 heterocycles. The predicted octanol–water partition coefficient (Wildman–Crippen LogP) is 1.92. The van der Waals surface area contributed by atoms with Crippen LogP contribution in [0.2, 0.25) is 0 Å². The van der Waals surface area contributed by atoms with Gasteiger partial charge >= 0.3 is 0 Å². The maximum atomic E-state index is 3.41. The quantitative estimate of drug-likeness (QED) is 0.813. The van der Waals surface area contributed by atoms with Crippen LogP contribution in [-0.2, 0) is 0 Å². The van der Waals surface area contributed by atoms with Crippen molar-refractivity contribution in [2.24, 2.45) is 0 Å². The Labute approximate surface area is 97.8 Å². The monoisotopic (exact) mass is 219 g/mol. The Hall–Kier alpha value is -1.22. The van der Waals surface area contributed by atoms with Crippen molar-refractivity contribution >= 4 is 11.4 Å². The van der Waals surface area contributed by atoms with Gasteiger partial charge in [-0.15, -0.1) is 0 Å². The molecule has 0 radical (unpaired) electrons. The van der Waals surface area contributed by atoms with E-state index in [1.807, 2.05) is 7.05 Å². The lowest BCUT2D eigenvalue weighted by Crippen LogP contribution is -2.41. The van der Waals surface area contributed by atoms with Crippen molar-refractivity contribution in [3.8, 4) is 0 Å². The number of anilines is 2. The zero-order valence-corrected chi connectivity index (χ0v) is 10.2. The molecule has 1 aromatic rings. The first-order valence-corrected chi connectivity index (χ1v) is 6.03. The highest BCUT2D eigenvalue weighted by atomic mass is 15.2. The third kappa shape index (κ3) is 2.30. The molecule has 2 rings (SSSR count). The van der Waals surface area contributed by atoms with E-state index in [2.05, 4.69) is 46.8 Å². The fourth-order valence-electron chi connectivity index (χ4n) is 2.38. The minimum Gasteiger partial charge on any atom is -0.386 e. The normalized spacial score (nSPS) is 17.1. The van der Waals surface area contributed by atoms with Crippen LogP contribution in [0.1, 0.15) is 12.8 Å². The number of nitrogens with one attached hydrogen (secondary N) is 2. The van der Waals surface area contributed by atoms with Crippen LogP contribution in [0.4, 0.5) is 11.4 Å². The Morgan fingerprint density at radius 1 is 1.25 bits per heavy atom. The topological polar surface area (TPSA) is 27.3 Å². The number of hydrogen-bond acceptors (Lipinski definition) is 3. The molecule has 3 heteroatoms. The molecule has 0 aromatic heterocycles. The Morgan fingerprint density at radius 2 is 1.94 bits per heavy atom. The zero-order valence-electron chi connectivity index (χ0n) is 10.2. The smallest absolute Gasteiger partial charge is 0.0601 e. The summed E-state index contributed by atoms with van der Waals surface area (Å²) < 4.78 is 0. The molecular formula is C13H21N3. The van der Waals surface area contributed by atoms with Gasteiger partial charge in [0.05, 0.1) is 11.4 Å². The van der Waals surface area contributed by atoms with Gasteiger partial charge in [0, 0.05) is 20.1 Å². The fourth-order valence-corrected chi connectivity index (χ4v) is 2.38. The molecule has 0 unspecified atom stereocenters. The number of rotatable bonds is 3. The molecule has 16 heavy (non-hydrogen) atoms. The first-order chi connectivity index (χ1) is 7.83. The van der Waals surface area contributed by atoms with E-state index < -0.39 is 0 Å². The maximum absolute atomic E-state index is 3.41. The third-order valence-corrected chi connectivity index (χ3v) is 3.41. The number of piperidine rings is 1. The summed E-state index contributed by atoms with van der Waals surface area (Å²) in [6.45, 7) is 2.27. The molecule has 0 spiro atoms. The van der Waals surface area contributed by atoms with Crippen molar-refractivity contribution in [1.29, 1.82) is 0 Å². The summed E-state index contributed by atoms with van der Waals surface area (Å²) >= 11 is 0. The largest absolute Gasteiger partial charge is 0.386 e. The molecule has 2 N–H and O–H groups in total. The van der Waals surface area contributed by atoms with Crippen LogP contribution < -0.4 is 15.5 Å². The number of benzene rings is 1. The van der Waals surface area contributed by atoms with Crippen molar-refractivity contribution in [3.05, 3.63) is 24.3 Å². The van der Waals surface area contributed by atoms with Crippen LogP contribution in [0, 0.1) is 0 Å². The standard InChI is InChI=1S/C13H21N3/c1-14-12-5-3-4-6-13(12)16(2)11-7-9-15-10-8-11/h3-6,11,14-15H,7-10H2,1-2H3. The van der Waals surface area contributed by atoms with Crippen LogP contribution >= 0.6 is 0 Å². The summed E-state index contributed by atoms with van der Waals surface area (Å²) in [5.41, 5.74) is 2.51. The van der Waals surface area contributed by atoms with Gasteiger partial charge in [-0.05, 0) is 38.1 Å². The van der Waals surface area contributed by atoms with E-state index in [1.54, 1.807) is 0 Å². The molecule has 88 valence electrons. The van der Waals surface area contributed by atoms with Crippen molar-refractivity contribution in [2.45, 2.75) is 18.9 Å². The Bertz CT molecular complexity index is 332. The SMILES string of the molecule is CNc1ccccc1N(C)C1CCNCC1. The fraction of sp³-hybridized carbons (Fsp3) is 0.538. The summed E-state index contributed by atoms with van der Waals surface area (Å²) in [7, 11) is 4.18. The van der Waals surface area contributed by atoms with Gasteiger partial charge in [-0.1, -0.05) is 12.1 Å². The molecule has 1 fully saturated rings. The lowest BCUT2D eigenvalue weighted by atomic mass is 10.0. The Morgan fingerprint density at radius 3 is 2.62 bits per heavy atom. The van der Waals surface area contributed by atoms with E-state index in [0.717, 1.165) is 13.1 Å². The molecule has 1 aromatic carbocycles. The first kappa shape index (κ1) is 11.3. The average molecular weight is 219 g/mol. The molecule has 1 aliphatic heterocycles. The van der Waals surface area contributed by atoms with Crippen molar-refractivity contribution in [2.75, 3.05) is 37.4 Å². The van der Waals surface area contributed by atoms with E-state index in [-0.39, 0.29) is 0 Å². The second kappa shape index (κ2) is 5.21. The van der Waals surface area contributed by atoms with Crippen molar-refractivity contribution in [3.63, 3.8) is 0 Å². The predicted molar refractivity (Wildman–Crippen MR) is 70.3 cm³/mol. The van der Waals surface area contributed by atoms with Crippen LogP contribution in [-0.4, -0.2) is 33.2 Å². The van der Waals surface area contributed by atoms with Gasteiger partial charge in [0.15, 0.2) is 0 Å². The zero-order chi connectivity index (χ0) is 11.4. The Balaban J connectivity index is 2.15. The third-order valence-electron chi connectivity index (χ3n) is 3.41. The Kier molecular flexibility index (Phi) is 3.67. The summed E-state index contributed by atoms with van der Waals surface area (Å²) in [5, 5.41) is 6.67. The lowest BCUT2D eigenvalue weighted by Gasteiger charge is -2.34. The van der Waals surface area contributed by atoms with E-state index in [1.165, 1.54) is 24.2 Å². The van der Waals surface area contributed by atoms with Crippen LogP contribution in [0.25, 0.3) is 0 Å². The van der Waals surface area contributed by atoms with Gasteiger partial charge in [-0.2, -0.15) is 0 Å². The van der Waals surface area contributed by atoms with Crippen LogP contribution in [0.15, 0.2) is 24.3 Å². The van der Waals surface area contributed by atoms with Crippen molar-refractivity contribution in [1.82, 2.24) is 5.32 Å². The van der Waals surface area contributed by atoms with Gasteiger partial charge in [-0.3, -0.25) is 0 Å². The van der Waals surface area contributed by atoms with E-state index in [9.17, 15) is 0 Å². The molecule has 0 saturated carbocycles. The molecule has 3 nitrogen and oxygen atoms in total. The van der Waals surface area contributed by atoms with E-state index in [0.29, 0.717) is 6.04 Å². The van der Waals surface area contributed by atoms with Crippen LogP contribution in [0.3, 0.4) is 0 Å². The minimum absolute atomic E-state index is 0.663. The second-order valence-electron chi connectivity index (χ2n) is 4.36. The molecule has 0 bridgehead atoms. The number of para-hydroxylation sites is 2.